The van der Waals surface area contributed by atoms with Crippen LogP contribution in [0.15, 0.2) is 0 Å². The normalized spacial score (nSPS) is 26.7. The summed E-state index contributed by atoms with van der Waals surface area (Å²) in [5.41, 5.74) is 0. The highest BCUT2D eigenvalue weighted by atomic mass is 19.4. The van der Waals surface area contributed by atoms with E-state index in [0.717, 1.165) is 38.4 Å². The van der Waals surface area contributed by atoms with E-state index in [1.54, 1.807) is 0 Å². The van der Waals surface area contributed by atoms with Crippen LogP contribution in [0.5, 0.6) is 0 Å². The zero-order chi connectivity index (χ0) is 12.0. The summed E-state index contributed by atoms with van der Waals surface area (Å²) in [4.78, 5) is 10.5. The van der Waals surface area contributed by atoms with Gasteiger partial charge in [-0.3, -0.25) is 0 Å². The maximum atomic E-state index is 11.9. The van der Waals surface area contributed by atoms with Crippen LogP contribution >= 0.6 is 0 Å². The van der Waals surface area contributed by atoms with Gasteiger partial charge in [0.2, 0.25) is 0 Å². The molecule has 1 rings (SSSR count). The average molecular weight is 236 g/mol. The second-order valence-electron chi connectivity index (χ2n) is 4.78. The number of hydrogen-bond acceptors (Lipinski definition) is 1. The number of alkyl halides is 3. The summed E-state index contributed by atoms with van der Waals surface area (Å²) in [7, 11) is 0. The quantitative estimate of drug-likeness (QED) is 0.518. The molecule has 0 atom stereocenters. The Bertz CT molecular complexity index is 205. The van der Waals surface area contributed by atoms with Crippen LogP contribution in [0.2, 0.25) is 0 Å². The second-order valence-corrected chi connectivity index (χ2v) is 4.78. The van der Waals surface area contributed by atoms with Crippen LogP contribution in [-0.2, 0) is 4.79 Å². The van der Waals surface area contributed by atoms with Crippen molar-refractivity contribution in [2.24, 2.45) is 11.8 Å². The molecule has 1 nitrogen and oxygen atoms in total. The third-order valence-electron chi connectivity index (χ3n) is 3.41. The van der Waals surface area contributed by atoms with Crippen molar-refractivity contribution >= 4 is 6.29 Å². The Balaban J connectivity index is 2.04. The van der Waals surface area contributed by atoms with Gasteiger partial charge in [0.25, 0.3) is 0 Å². The molecule has 0 N–H and O–H groups in total. The third kappa shape index (κ3) is 5.52. The van der Waals surface area contributed by atoms with Gasteiger partial charge in [-0.25, -0.2) is 0 Å². The molecule has 0 aromatic rings. The van der Waals surface area contributed by atoms with Crippen molar-refractivity contribution in [2.75, 3.05) is 0 Å². The average Bonchev–Trinajstić information content (AvgIpc) is 2.24. The summed E-state index contributed by atoms with van der Waals surface area (Å²) in [5.74, 6) is 0.746. The SMILES string of the molecule is O=CC1CCC(CCCCC(F)(F)F)CC1. The lowest BCUT2D eigenvalue weighted by atomic mass is 9.80. The van der Waals surface area contributed by atoms with Crippen LogP contribution in [0.3, 0.4) is 0 Å². The number of hydrogen-bond donors (Lipinski definition) is 0. The lowest BCUT2D eigenvalue weighted by Crippen LogP contribution is -2.15. The first-order chi connectivity index (χ1) is 7.51. The van der Waals surface area contributed by atoms with Crippen molar-refractivity contribution in [1.29, 1.82) is 0 Å². The minimum Gasteiger partial charge on any atom is -0.303 e. The van der Waals surface area contributed by atoms with Crippen molar-refractivity contribution in [1.82, 2.24) is 0 Å². The molecule has 1 saturated carbocycles. The largest absolute Gasteiger partial charge is 0.389 e. The van der Waals surface area contributed by atoms with E-state index in [0.29, 0.717) is 12.3 Å². The Kier molecular flexibility index (Phi) is 5.29. The van der Waals surface area contributed by atoms with Gasteiger partial charge in [-0.05, 0) is 38.0 Å². The number of rotatable bonds is 5. The van der Waals surface area contributed by atoms with Crippen molar-refractivity contribution in [2.45, 2.75) is 57.5 Å². The van der Waals surface area contributed by atoms with Gasteiger partial charge in [0.15, 0.2) is 0 Å². The molecule has 0 saturated heterocycles. The van der Waals surface area contributed by atoms with E-state index in [1.165, 1.54) is 0 Å². The van der Waals surface area contributed by atoms with Crippen LogP contribution in [0.4, 0.5) is 13.2 Å². The Morgan fingerprint density at radius 1 is 1.06 bits per heavy atom. The van der Waals surface area contributed by atoms with E-state index in [-0.39, 0.29) is 12.3 Å². The van der Waals surface area contributed by atoms with Crippen molar-refractivity contribution in [3.8, 4) is 0 Å². The van der Waals surface area contributed by atoms with Gasteiger partial charge < -0.3 is 4.79 Å². The van der Waals surface area contributed by atoms with E-state index in [4.69, 9.17) is 0 Å². The minimum atomic E-state index is -4.00. The van der Waals surface area contributed by atoms with Crippen molar-refractivity contribution < 1.29 is 18.0 Å². The Morgan fingerprint density at radius 2 is 1.69 bits per heavy atom. The van der Waals surface area contributed by atoms with Gasteiger partial charge in [-0.15, -0.1) is 0 Å². The summed E-state index contributed by atoms with van der Waals surface area (Å²) in [5, 5.41) is 0. The van der Waals surface area contributed by atoms with Gasteiger partial charge in [0, 0.05) is 12.3 Å². The molecule has 0 unspecified atom stereocenters. The zero-order valence-corrected chi connectivity index (χ0v) is 9.43. The highest BCUT2D eigenvalue weighted by molar-refractivity contribution is 5.53. The van der Waals surface area contributed by atoms with Gasteiger partial charge >= 0.3 is 6.18 Å². The summed E-state index contributed by atoms with van der Waals surface area (Å²) >= 11 is 0. The van der Waals surface area contributed by atoms with E-state index in [1.807, 2.05) is 0 Å². The Labute approximate surface area is 94.4 Å². The van der Waals surface area contributed by atoms with E-state index in [2.05, 4.69) is 0 Å². The van der Waals surface area contributed by atoms with Gasteiger partial charge in [0.1, 0.15) is 6.29 Å². The van der Waals surface area contributed by atoms with Crippen LogP contribution in [0, 0.1) is 11.8 Å². The van der Waals surface area contributed by atoms with Crippen LogP contribution in [0.1, 0.15) is 51.4 Å². The molecule has 0 spiro atoms. The van der Waals surface area contributed by atoms with Crippen molar-refractivity contribution in [3.63, 3.8) is 0 Å². The van der Waals surface area contributed by atoms with Gasteiger partial charge in [0.05, 0.1) is 0 Å². The third-order valence-corrected chi connectivity index (χ3v) is 3.41. The molecule has 0 amide bonds. The molecule has 1 fully saturated rings. The molecular formula is C12H19F3O. The molecule has 4 heteroatoms. The lowest BCUT2D eigenvalue weighted by Gasteiger charge is -2.25. The van der Waals surface area contributed by atoms with E-state index in [9.17, 15) is 18.0 Å². The molecule has 1 aliphatic rings. The molecule has 1 aliphatic carbocycles. The monoisotopic (exact) mass is 236 g/mol. The molecule has 0 heterocycles. The summed E-state index contributed by atoms with van der Waals surface area (Å²) < 4.78 is 35.6. The molecule has 0 aromatic carbocycles. The molecular weight excluding hydrogens is 217 g/mol. The van der Waals surface area contributed by atoms with Crippen LogP contribution in [0.25, 0.3) is 0 Å². The second kappa shape index (κ2) is 6.26. The first-order valence-electron chi connectivity index (χ1n) is 6.03. The molecule has 0 aromatic heterocycles. The standard InChI is InChI=1S/C12H19F3O/c13-12(14,15)8-2-1-3-10-4-6-11(9-16)7-5-10/h9-11H,1-8H2. The number of aldehydes is 1. The minimum absolute atomic E-state index is 0.200. The van der Waals surface area contributed by atoms with Crippen LogP contribution in [-0.4, -0.2) is 12.5 Å². The molecule has 0 radical (unpaired) electrons. The van der Waals surface area contributed by atoms with Gasteiger partial charge in [-0.2, -0.15) is 13.2 Å². The summed E-state index contributed by atoms with van der Waals surface area (Å²) in [6, 6.07) is 0. The predicted molar refractivity (Wildman–Crippen MR) is 56.0 cm³/mol. The fraction of sp³-hybridized carbons (Fsp3) is 0.917. The maximum Gasteiger partial charge on any atom is 0.389 e. The van der Waals surface area contributed by atoms with E-state index < -0.39 is 12.6 Å². The van der Waals surface area contributed by atoms with Crippen LogP contribution < -0.4 is 0 Å². The van der Waals surface area contributed by atoms with Crippen molar-refractivity contribution in [3.05, 3.63) is 0 Å². The van der Waals surface area contributed by atoms with Gasteiger partial charge in [-0.1, -0.05) is 12.8 Å². The summed E-state index contributed by atoms with van der Waals surface area (Å²) in [6.45, 7) is 0. The Hall–Kier alpha value is -0.540. The van der Waals surface area contributed by atoms with E-state index >= 15 is 0 Å². The predicted octanol–water partition coefficient (Wildman–Crippen LogP) is 4.11. The zero-order valence-electron chi connectivity index (χ0n) is 9.43. The number of carbonyl (C=O) groups excluding carboxylic acids is 1. The molecule has 94 valence electrons. The molecule has 16 heavy (non-hydrogen) atoms. The number of halogens is 3. The molecule has 0 bridgehead atoms. The topological polar surface area (TPSA) is 17.1 Å². The first-order valence-corrected chi connectivity index (χ1v) is 6.03. The maximum absolute atomic E-state index is 11.9. The number of carbonyl (C=O) groups is 1. The summed E-state index contributed by atoms with van der Waals surface area (Å²) in [6.07, 6.45) is 2.02. The lowest BCUT2D eigenvalue weighted by molar-refractivity contribution is -0.135. The Morgan fingerprint density at radius 3 is 2.19 bits per heavy atom. The molecule has 0 aliphatic heterocycles. The number of unbranched alkanes of at least 4 members (excludes halogenated alkanes) is 1. The fourth-order valence-electron chi connectivity index (χ4n) is 2.37. The smallest absolute Gasteiger partial charge is 0.303 e. The first kappa shape index (κ1) is 13.5. The highest BCUT2D eigenvalue weighted by Gasteiger charge is 2.26. The fourth-order valence-corrected chi connectivity index (χ4v) is 2.37. The highest BCUT2D eigenvalue weighted by Crippen LogP contribution is 2.31.